The molecule has 0 saturated heterocycles. The molecule has 1 atom stereocenters. The fourth-order valence-electron chi connectivity index (χ4n) is 2.30. The van der Waals surface area contributed by atoms with E-state index >= 15 is 0 Å². The van der Waals surface area contributed by atoms with Gasteiger partial charge in [-0.05, 0) is 47.4 Å². The molecule has 114 valence electrons. The molecular weight excluding hydrogens is 324 g/mol. The van der Waals surface area contributed by atoms with E-state index in [9.17, 15) is 8.78 Å². The predicted octanol–water partition coefficient (Wildman–Crippen LogP) is 5.74. The molecule has 1 N–H and O–H groups in total. The summed E-state index contributed by atoms with van der Waals surface area (Å²) in [6.07, 6.45) is 6.14. The SMILES string of the molecule is CCCCCCC(NCCC)c1c(F)ccc(Br)c1F. The number of rotatable bonds is 9. The van der Waals surface area contributed by atoms with Gasteiger partial charge in [-0.25, -0.2) is 8.78 Å². The Morgan fingerprint density at radius 2 is 1.85 bits per heavy atom. The second kappa shape index (κ2) is 9.46. The highest BCUT2D eigenvalue weighted by Gasteiger charge is 2.21. The summed E-state index contributed by atoms with van der Waals surface area (Å²) in [6, 6.07) is 2.50. The first-order chi connectivity index (χ1) is 9.61. The molecule has 0 aliphatic heterocycles. The molecule has 20 heavy (non-hydrogen) atoms. The summed E-state index contributed by atoms with van der Waals surface area (Å²) in [4.78, 5) is 0. The molecule has 0 aromatic heterocycles. The zero-order valence-electron chi connectivity index (χ0n) is 12.3. The van der Waals surface area contributed by atoms with Crippen LogP contribution in [0.4, 0.5) is 8.78 Å². The van der Waals surface area contributed by atoms with Gasteiger partial charge in [0.2, 0.25) is 0 Å². The van der Waals surface area contributed by atoms with E-state index in [4.69, 9.17) is 0 Å². The molecule has 1 unspecified atom stereocenters. The molecule has 0 radical (unpaired) electrons. The normalized spacial score (nSPS) is 12.7. The Kier molecular flexibility index (Phi) is 8.31. The van der Waals surface area contributed by atoms with Gasteiger partial charge in [-0.1, -0.05) is 39.5 Å². The van der Waals surface area contributed by atoms with Crippen LogP contribution in [0.1, 0.15) is 64.0 Å². The lowest BCUT2D eigenvalue weighted by molar-refractivity contribution is 0.428. The number of halogens is 3. The van der Waals surface area contributed by atoms with Crippen LogP contribution in [0.3, 0.4) is 0 Å². The summed E-state index contributed by atoms with van der Waals surface area (Å²) in [5, 5.41) is 3.27. The largest absolute Gasteiger partial charge is 0.310 e. The van der Waals surface area contributed by atoms with Crippen molar-refractivity contribution in [1.29, 1.82) is 0 Å². The number of benzene rings is 1. The summed E-state index contributed by atoms with van der Waals surface area (Å²) in [5.74, 6) is -0.941. The van der Waals surface area contributed by atoms with Crippen LogP contribution < -0.4 is 5.32 Å². The Hall–Kier alpha value is -0.480. The highest BCUT2D eigenvalue weighted by atomic mass is 79.9. The van der Waals surface area contributed by atoms with Gasteiger partial charge in [-0.3, -0.25) is 0 Å². The topological polar surface area (TPSA) is 12.0 Å². The zero-order chi connectivity index (χ0) is 15.0. The molecule has 1 aromatic carbocycles. The zero-order valence-corrected chi connectivity index (χ0v) is 13.9. The third-order valence-electron chi connectivity index (χ3n) is 3.41. The summed E-state index contributed by atoms with van der Waals surface area (Å²) < 4.78 is 28.5. The van der Waals surface area contributed by atoms with E-state index in [2.05, 4.69) is 35.1 Å². The standard InChI is InChI=1S/C16H24BrF2N/c1-3-5-6-7-8-14(20-11-4-2)15-13(18)10-9-12(17)16(15)19/h9-10,14,20H,3-8,11H2,1-2H3. The first kappa shape index (κ1) is 17.6. The quantitative estimate of drug-likeness (QED) is 0.443. The molecule has 0 aliphatic rings. The van der Waals surface area contributed by atoms with Crippen molar-refractivity contribution >= 4 is 15.9 Å². The van der Waals surface area contributed by atoms with Crippen LogP contribution in [-0.2, 0) is 0 Å². The highest BCUT2D eigenvalue weighted by molar-refractivity contribution is 9.10. The van der Waals surface area contributed by atoms with E-state index in [0.29, 0.717) is 4.47 Å². The van der Waals surface area contributed by atoms with Crippen LogP contribution in [0.5, 0.6) is 0 Å². The van der Waals surface area contributed by atoms with Gasteiger partial charge in [-0.2, -0.15) is 0 Å². The molecule has 0 amide bonds. The van der Waals surface area contributed by atoms with Gasteiger partial charge in [0.25, 0.3) is 0 Å². The van der Waals surface area contributed by atoms with Crippen molar-refractivity contribution in [3.63, 3.8) is 0 Å². The average molecular weight is 348 g/mol. The maximum atomic E-state index is 14.2. The molecule has 1 rings (SSSR count). The second-order valence-electron chi connectivity index (χ2n) is 5.11. The van der Waals surface area contributed by atoms with Gasteiger partial charge in [0, 0.05) is 11.6 Å². The maximum absolute atomic E-state index is 14.2. The van der Waals surface area contributed by atoms with E-state index in [1.54, 1.807) is 0 Å². The number of hydrogen-bond donors (Lipinski definition) is 1. The number of nitrogens with one attached hydrogen (secondary N) is 1. The van der Waals surface area contributed by atoms with E-state index in [-0.39, 0.29) is 11.6 Å². The number of unbranched alkanes of at least 4 members (excludes halogenated alkanes) is 3. The summed E-state index contributed by atoms with van der Waals surface area (Å²) >= 11 is 3.14. The Morgan fingerprint density at radius 1 is 1.10 bits per heavy atom. The minimum absolute atomic E-state index is 0.171. The van der Waals surface area contributed by atoms with E-state index in [1.807, 2.05) is 0 Å². The van der Waals surface area contributed by atoms with Gasteiger partial charge in [0.1, 0.15) is 11.6 Å². The minimum Gasteiger partial charge on any atom is -0.310 e. The smallest absolute Gasteiger partial charge is 0.145 e. The summed E-state index contributed by atoms with van der Waals surface area (Å²) in [5.41, 5.74) is 0.171. The van der Waals surface area contributed by atoms with Crippen LogP contribution in [0, 0.1) is 11.6 Å². The fraction of sp³-hybridized carbons (Fsp3) is 0.625. The van der Waals surface area contributed by atoms with Crippen molar-refractivity contribution in [2.45, 2.75) is 58.4 Å². The molecule has 0 saturated carbocycles. The van der Waals surface area contributed by atoms with Crippen molar-refractivity contribution in [1.82, 2.24) is 5.32 Å². The Morgan fingerprint density at radius 3 is 2.50 bits per heavy atom. The Bertz CT molecular complexity index is 410. The molecule has 1 nitrogen and oxygen atoms in total. The minimum atomic E-state index is -0.478. The van der Waals surface area contributed by atoms with Crippen molar-refractivity contribution in [3.05, 3.63) is 33.8 Å². The van der Waals surface area contributed by atoms with Gasteiger partial charge in [0.05, 0.1) is 4.47 Å². The molecule has 0 spiro atoms. The lowest BCUT2D eigenvalue weighted by Crippen LogP contribution is -2.24. The Balaban J connectivity index is 2.83. The third-order valence-corrected chi connectivity index (χ3v) is 4.03. The summed E-state index contributed by atoms with van der Waals surface area (Å²) in [7, 11) is 0. The molecule has 1 aromatic rings. The molecular formula is C16H24BrF2N. The lowest BCUT2D eigenvalue weighted by atomic mass is 9.98. The van der Waals surface area contributed by atoms with Crippen LogP contribution in [0.25, 0.3) is 0 Å². The Labute approximate surface area is 129 Å². The monoisotopic (exact) mass is 347 g/mol. The molecule has 0 aliphatic carbocycles. The molecule has 0 heterocycles. The highest BCUT2D eigenvalue weighted by Crippen LogP contribution is 2.29. The van der Waals surface area contributed by atoms with Crippen molar-refractivity contribution in [2.24, 2.45) is 0 Å². The van der Waals surface area contributed by atoms with Gasteiger partial charge < -0.3 is 5.32 Å². The van der Waals surface area contributed by atoms with Crippen LogP contribution in [0.15, 0.2) is 16.6 Å². The van der Waals surface area contributed by atoms with Gasteiger partial charge in [-0.15, -0.1) is 0 Å². The van der Waals surface area contributed by atoms with Crippen molar-refractivity contribution in [2.75, 3.05) is 6.54 Å². The predicted molar refractivity (Wildman–Crippen MR) is 83.9 cm³/mol. The lowest BCUT2D eigenvalue weighted by Gasteiger charge is -2.20. The van der Waals surface area contributed by atoms with E-state index in [0.717, 1.165) is 38.6 Å². The van der Waals surface area contributed by atoms with E-state index < -0.39 is 11.6 Å². The average Bonchev–Trinajstić information content (AvgIpc) is 2.44. The van der Waals surface area contributed by atoms with Crippen LogP contribution in [0.2, 0.25) is 0 Å². The van der Waals surface area contributed by atoms with E-state index in [1.165, 1.54) is 18.6 Å². The molecule has 4 heteroatoms. The fourth-order valence-corrected chi connectivity index (χ4v) is 2.65. The third kappa shape index (κ3) is 5.13. The van der Waals surface area contributed by atoms with Crippen LogP contribution >= 0.6 is 15.9 Å². The first-order valence-electron chi connectivity index (χ1n) is 7.48. The second-order valence-corrected chi connectivity index (χ2v) is 5.97. The van der Waals surface area contributed by atoms with Gasteiger partial charge in [0.15, 0.2) is 0 Å². The first-order valence-corrected chi connectivity index (χ1v) is 8.27. The van der Waals surface area contributed by atoms with Gasteiger partial charge >= 0.3 is 0 Å². The van der Waals surface area contributed by atoms with Crippen molar-refractivity contribution < 1.29 is 8.78 Å². The van der Waals surface area contributed by atoms with Crippen LogP contribution in [-0.4, -0.2) is 6.54 Å². The molecule has 0 fully saturated rings. The van der Waals surface area contributed by atoms with Crippen molar-refractivity contribution in [3.8, 4) is 0 Å². The molecule has 0 bridgehead atoms. The summed E-state index contributed by atoms with van der Waals surface area (Å²) in [6.45, 7) is 4.97. The number of hydrogen-bond acceptors (Lipinski definition) is 1. The maximum Gasteiger partial charge on any atom is 0.145 e.